The summed E-state index contributed by atoms with van der Waals surface area (Å²) in [6.45, 7) is 3.84. The topological polar surface area (TPSA) is 68.6 Å². The van der Waals surface area contributed by atoms with E-state index in [1.165, 1.54) is 0 Å². The Labute approximate surface area is 135 Å². The molecule has 0 saturated carbocycles. The molecule has 0 spiro atoms. The highest BCUT2D eigenvalue weighted by molar-refractivity contribution is 5.74. The van der Waals surface area contributed by atoms with Crippen molar-refractivity contribution in [2.75, 3.05) is 18.0 Å². The summed E-state index contributed by atoms with van der Waals surface area (Å²) in [7, 11) is 0. The molecule has 1 aromatic heterocycles. The molecule has 3 rings (SSSR count). The second-order valence-corrected chi connectivity index (χ2v) is 5.55. The molecule has 1 fully saturated rings. The summed E-state index contributed by atoms with van der Waals surface area (Å²) in [5.41, 5.74) is 2.75. The number of allylic oxidation sites excluding steroid dienone is 1. The Hall–Kier alpha value is -3.05. The van der Waals surface area contributed by atoms with Crippen LogP contribution in [0.5, 0.6) is 0 Å². The van der Waals surface area contributed by atoms with E-state index >= 15 is 0 Å². The van der Waals surface area contributed by atoms with Crippen molar-refractivity contribution in [2.45, 2.75) is 19.8 Å². The Kier molecular flexibility index (Phi) is 4.12. The average molecular weight is 303 g/mol. The van der Waals surface area contributed by atoms with Crippen LogP contribution < -0.4 is 4.90 Å². The fraction of sp³-hybridized carbons (Fsp3) is 0.278. The average Bonchev–Trinajstić information content (AvgIpc) is 3.21. The van der Waals surface area contributed by atoms with E-state index in [1.807, 2.05) is 54.1 Å². The van der Waals surface area contributed by atoms with Crippen LogP contribution in [0.3, 0.4) is 0 Å². The molecule has 5 heteroatoms. The maximum atomic E-state index is 9.08. The molecule has 1 saturated heterocycles. The fourth-order valence-electron chi connectivity index (χ4n) is 2.91. The van der Waals surface area contributed by atoms with Gasteiger partial charge in [0.25, 0.3) is 0 Å². The second kappa shape index (κ2) is 6.37. The number of benzene rings is 1. The lowest BCUT2D eigenvalue weighted by molar-refractivity contribution is 0.815. The van der Waals surface area contributed by atoms with Gasteiger partial charge in [-0.1, -0.05) is 18.2 Å². The Morgan fingerprint density at radius 2 is 1.78 bits per heavy atom. The number of aryl methyl sites for hydroxylation is 1. The molecule has 1 aromatic carbocycles. The van der Waals surface area contributed by atoms with E-state index in [2.05, 4.69) is 10.00 Å². The highest BCUT2D eigenvalue weighted by Crippen LogP contribution is 2.31. The molecule has 0 amide bonds. The number of para-hydroxylation sites is 1. The summed E-state index contributed by atoms with van der Waals surface area (Å²) in [6.07, 6.45) is 3.94. The zero-order valence-corrected chi connectivity index (χ0v) is 13.0. The number of nitrogens with zero attached hydrogens (tertiary/aromatic N) is 5. The quantitative estimate of drug-likeness (QED) is 0.816. The van der Waals surface area contributed by atoms with Crippen molar-refractivity contribution in [1.82, 2.24) is 9.78 Å². The first-order chi connectivity index (χ1) is 11.2. The van der Waals surface area contributed by atoms with Crippen LogP contribution in [-0.4, -0.2) is 22.9 Å². The lowest BCUT2D eigenvalue weighted by atomic mass is 10.1. The zero-order valence-electron chi connectivity index (χ0n) is 13.0. The Bertz CT molecular complexity index is 796. The number of anilines is 1. The van der Waals surface area contributed by atoms with E-state index in [4.69, 9.17) is 10.5 Å². The number of aromatic nitrogens is 2. The SMILES string of the molecule is Cc1nn(-c2ccccc2)c(N2CCCC2)c1C=C(C#N)C#N. The molecule has 0 unspecified atom stereocenters. The molecule has 23 heavy (non-hydrogen) atoms. The lowest BCUT2D eigenvalue weighted by Gasteiger charge is -2.20. The lowest BCUT2D eigenvalue weighted by Crippen LogP contribution is -2.22. The monoisotopic (exact) mass is 303 g/mol. The van der Waals surface area contributed by atoms with Crippen molar-refractivity contribution in [3.05, 3.63) is 47.2 Å². The molecule has 1 aliphatic rings. The van der Waals surface area contributed by atoms with Crippen molar-refractivity contribution >= 4 is 11.9 Å². The van der Waals surface area contributed by atoms with Gasteiger partial charge in [-0.3, -0.25) is 0 Å². The fourth-order valence-corrected chi connectivity index (χ4v) is 2.91. The van der Waals surface area contributed by atoms with E-state index in [-0.39, 0.29) is 5.57 Å². The molecule has 2 heterocycles. The largest absolute Gasteiger partial charge is 0.356 e. The summed E-state index contributed by atoms with van der Waals surface area (Å²) < 4.78 is 1.92. The van der Waals surface area contributed by atoms with Crippen LogP contribution >= 0.6 is 0 Å². The van der Waals surface area contributed by atoms with Crippen molar-refractivity contribution in [3.63, 3.8) is 0 Å². The Morgan fingerprint density at radius 3 is 2.39 bits per heavy atom. The van der Waals surface area contributed by atoms with Gasteiger partial charge < -0.3 is 4.90 Å². The summed E-state index contributed by atoms with van der Waals surface area (Å²) >= 11 is 0. The zero-order chi connectivity index (χ0) is 16.2. The van der Waals surface area contributed by atoms with Crippen molar-refractivity contribution in [2.24, 2.45) is 0 Å². The Balaban J connectivity index is 2.20. The van der Waals surface area contributed by atoms with Crippen LogP contribution in [0.25, 0.3) is 11.8 Å². The third-order valence-electron chi connectivity index (χ3n) is 4.02. The maximum Gasteiger partial charge on any atom is 0.140 e. The van der Waals surface area contributed by atoms with Gasteiger partial charge in [0.05, 0.1) is 11.4 Å². The van der Waals surface area contributed by atoms with E-state index < -0.39 is 0 Å². The molecule has 2 aromatic rings. The molecular weight excluding hydrogens is 286 g/mol. The van der Waals surface area contributed by atoms with Crippen LogP contribution in [0.4, 0.5) is 5.82 Å². The summed E-state index contributed by atoms with van der Waals surface area (Å²) in [4.78, 5) is 2.28. The molecule has 0 N–H and O–H groups in total. The van der Waals surface area contributed by atoms with Gasteiger partial charge in [0.1, 0.15) is 23.5 Å². The smallest absolute Gasteiger partial charge is 0.140 e. The number of rotatable bonds is 3. The molecule has 5 nitrogen and oxygen atoms in total. The second-order valence-electron chi connectivity index (χ2n) is 5.55. The van der Waals surface area contributed by atoms with Gasteiger partial charge in [-0.15, -0.1) is 0 Å². The minimum Gasteiger partial charge on any atom is -0.356 e. The molecule has 114 valence electrons. The van der Waals surface area contributed by atoms with Crippen LogP contribution in [0.15, 0.2) is 35.9 Å². The van der Waals surface area contributed by atoms with Crippen LogP contribution in [0.1, 0.15) is 24.1 Å². The predicted molar refractivity (Wildman–Crippen MR) is 89.0 cm³/mol. The van der Waals surface area contributed by atoms with Crippen molar-refractivity contribution in [1.29, 1.82) is 10.5 Å². The summed E-state index contributed by atoms with van der Waals surface area (Å²) in [5, 5.41) is 22.8. The van der Waals surface area contributed by atoms with Crippen LogP contribution in [0, 0.1) is 29.6 Å². The summed E-state index contributed by atoms with van der Waals surface area (Å²) in [5.74, 6) is 0.967. The minimum absolute atomic E-state index is 0.0983. The normalized spacial score (nSPS) is 13.4. The third-order valence-corrected chi connectivity index (χ3v) is 4.02. The molecule has 0 radical (unpaired) electrons. The van der Waals surface area contributed by atoms with Gasteiger partial charge in [-0.2, -0.15) is 15.6 Å². The van der Waals surface area contributed by atoms with E-state index in [0.29, 0.717) is 0 Å². The number of hydrogen-bond donors (Lipinski definition) is 0. The first kappa shape index (κ1) is 14.9. The van der Waals surface area contributed by atoms with Crippen molar-refractivity contribution < 1.29 is 0 Å². The van der Waals surface area contributed by atoms with E-state index in [0.717, 1.165) is 48.7 Å². The Morgan fingerprint density at radius 1 is 1.13 bits per heavy atom. The standard InChI is InChI=1S/C18H17N5/c1-14-17(11-15(12-19)13-20)18(22-9-5-6-10-22)23(21-14)16-7-3-2-4-8-16/h2-4,7-8,11H,5-6,9-10H2,1H3. The van der Waals surface area contributed by atoms with Gasteiger partial charge >= 0.3 is 0 Å². The number of hydrogen-bond acceptors (Lipinski definition) is 4. The highest BCUT2D eigenvalue weighted by atomic mass is 15.4. The third kappa shape index (κ3) is 2.82. The van der Waals surface area contributed by atoms with E-state index in [1.54, 1.807) is 6.08 Å². The highest BCUT2D eigenvalue weighted by Gasteiger charge is 2.23. The van der Waals surface area contributed by atoms with Gasteiger partial charge in [0, 0.05) is 18.7 Å². The summed E-state index contributed by atoms with van der Waals surface area (Å²) in [6, 6.07) is 13.8. The van der Waals surface area contributed by atoms with Gasteiger partial charge in [-0.25, -0.2) is 4.68 Å². The minimum atomic E-state index is 0.0983. The molecule has 0 aliphatic carbocycles. The van der Waals surface area contributed by atoms with E-state index in [9.17, 15) is 0 Å². The van der Waals surface area contributed by atoms with Gasteiger partial charge in [0.15, 0.2) is 0 Å². The maximum absolute atomic E-state index is 9.08. The molecular formula is C18H17N5. The van der Waals surface area contributed by atoms with Crippen LogP contribution in [0.2, 0.25) is 0 Å². The van der Waals surface area contributed by atoms with Gasteiger partial charge in [-0.05, 0) is 38.0 Å². The molecule has 0 bridgehead atoms. The van der Waals surface area contributed by atoms with Crippen LogP contribution in [-0.2, 0) is 0 Å². The molecule has 1 aliphatic heterocycles. The molecule has 0 atom stereocenters. The first-order valence-corrected chi connectivity index (χ1v) is 7.66. The van der Waals surface area contributed by atoms with Crippen molar-refractivity contribution in [3.8, 4) is 17.8 Å². The number of nitriles is 2. The first-order valence-electron chi connectivity index (χ1n) is 7.66. The van der Waals surface area contributed by atoms with Gasteiger partial charge in [0.2, 0.25) is 0 Å². The predicted octanol–water partition coefficient (Wildman–Crippen LogP) is 3.21.